The molecule has 0 saturated heterocycles. The van der Waals surface area contributed by atoms with Crippen LogP contribution in [0.2, 0.25) is 0 Å². The van der Waals surface area contributed by atoms with Gasteiger partial charge in [-0.15, -0.1) is 0 Å². The standard InChI is InChI=1S/C21H28N2O5S2/c1-15(2)17-6-10-19(11-7-17)23(30(5,27)28)14-21(24)22-16(3)18-8-12-20(13-9-18)29(4,25)26/h6-13,15-16H,14H2,1-5H3,(H,22,24)/t16-/m0/s1. The van der Waals surface area contributed by atoms with Crippen LogP contribution < -0.4 is 9.62 Å². The van der Waals surface area contributed by atoms with E-state index in [2.05, 4.69) is 5.32 Å². The normalized spacial score (nSPS) is 13.1. The number of carbonyl (C=O) groups is 1. The van der Waals surface area contributed by atoms with Crippen LogP contribution in [0.3, 0.4) is 0 Å². The molecule has 1 N–H and O–H groups in total. The maximum absolute atomic E-state index is 12.5. The Kier molecular flexibility index (Phi) is 7.31. The summed E-state index contributed by atoms with van der Waals surface area (Å²) in [5.41, 5.74) is 2.20. The topological polar surface area (TPSA) is 101 Å². The van der Waals surface area contributed by atoms with Gasteiger partial charge >= 0.3 is 0 Å². The number of rotatable bonds is 8. The van der Waals surface area contributed by atoms with Gasteiger partial charge in [-0.3, -0.25) is 9.10 Å². The van der Waals surface area contributed by atoms with Gasteiger partial charge in [-0.2, -0.15) is 0 Å². The van der Waals surface area contributed by atoms with Crippen molar-refractivity contribution < 1.29 is 21.6 Å². The molecule has 0 heterocycles. The Labute approximate surface area is 179 Å². The van der Waals surface area contributed by atoms with E-state index < -0.39 is 31.8 Å². The van der Waals surface area contributed by atoms with E-state index in [4.69, 9.17) is 0 Å². The van der Waals surface area contributed by atoms with Crippen LogP contribution in [-0.2, 0) is 24.7 Å². The van der Waals surface area contributed by atoms with Crippen molar-refractivity contribution in [3.05, 3.63) is 59.7 Å². The van der Waals surface area contributed by atoms with E-state index in [-0.39, 0.29) is 11.4 Å². The van der Waals surface area contributed by atoms with Crippen molar-refractivity contribution in [1.29, 1.82) is 0 Å². The molecule has 0 aliphatic heterocycles. The van der Waals surface area contributed by atoms with Gasteiger partial charge < -0.3 is 5.32 Å². The molecule has 164 valence electrons. The number of hydrogen-bond donors (Lipinski definition) is 1. The van der Waals surface area contributed by atoms with Gasteiger partial charge in [0.15, 0.2) is 9.84 Å². The molecule has 0 fully saturated rings. The second kappa shape index (κ2) is 9.18. The average Bonchev–Trinajstić information content (AvgIpc) is 2.64. The van der Waals surface area contributed by atoms with E-state index in [9.17, 15) is 21.6 Å². The Morgan fingerprint density at radius 1 is 0.867 bits per heavy atom. The summed E-state index contributed by atoms with van der Waals surface area (Å²) in [6, 6.07) is 12.9. The van der Waals surface area contributed by atoms with Gasteiger partial charge in [-0.1, -0.05) is 38.1 Å². The summed E-state index contributed by atoms with van der Waals surface area (Å²) in [4.78, 5) is 12.7. The highest BCUT2D eigenvalue weighted by Crippen LogP contribution is 2.22. The third kappa shape index (κ3) is 6.30. The lowest BCUT2D eigenvalue weighted by Crippen LogP contribution is -2.41. The fraction of sp³-hybridized carbons (Fsp3) is 0.381. The van der Waals surface area contributed by atoms with Gasteiger partial charge in [0, 0.05) is 6.26 Å². The lowest BCUT2D eigenvalue weighted by molar-refractivity contribution is -0.120. The Morgan fingerprint density at radius 3 is 1.80 bits per heavy atom. The van der Waals surface area contributed by atoms with E-state index in [0.717, 1.165) is 22.4 Å². The van der Waals surface area contributed by atoms with Gasteiger partial charge in [0.05, 0.1) is 22.9 Å². The van der Waals surface area contributed by atoms with Crippen LogP contribution in [0.25, 0.3) is 0 Å². The van der Waals surface area contributed by atoms with Crippen molar-refractivity contribution in [2.75, 3.05) is 23.4 Å². The van der Waals surface area contributed by atoms with Crippen molar-refractivity contribution in [3.63, 3.8) is 0 Å². The van der Waals surface area contributed by atoms with Crippen molar-refractivity contribution in [1.82, 2.24) is 5.32 Å². The lowest BCUT2D eigenvalue weighted by atomic mass is 10.0. The number of anilines is 1. The number of hydrogen-bond acceptors (Lipinski definition) is 5. The molecule has 0 saturated carbocycles. The Morgan fingerprint density at radius 2 is 1.37 bits per heavy atom. The first-order valence-electron chi connectivity index (χ1n) is 9.46. The first-order valence-corrected chi connectivity index (χ1v) is 13.2. The van der Waals surface area contributed by atoms with E-state index in [0.29, 0.717) is 17.2 Å². The van der Waals surface area contributed by atoms with Crippen molar-refractivity contribution >= 4 is 31.5 Å². The molecule has 0 bridgehead atoms. The quantitative estimate of drug-likeness (QED) is 0.664. The molecule has 30 heavy (non-hydrogen) atoms. The predicted octanol–water partition coefficient (Wildman–Crippen LogP) is 2.86. The van der Waals surface area contributed by atoms with Crippen LogP contribution in [0.15, 0.2) is 53.4 Å². The molecule has 0 aliphatic rings. The highest BCUT2D eigenvalue weighted by Gasteiger charge is 2.22. The number of sulfonamides is 1. The molecule has 0 spiro atoms. The molecule has 0 aliphatic carbocycles. The van der Waals surface area contributed by atoms with Crippen molar-refractivity contribution in [2.24, 2.45) is 0 Å². The molecular formula is C21H28N2O5S2. The van der Waals surface area contributed by atoms with E-state index in [1.807, 2.05) is 26.0 Å². The summed E-state index contributed by atoms with van der Waals surface area (Å²) in [5.74, 6) is -0.156. The summed E-state index contributed by atoms with van der Waals surface area (Å²) >= 11 is 0. The van der Waals surface area contributed by atoms with E-state index in [1.165, 1.54) is 12.1 Å². The second-order valence-corrected chi connectivity index (χ2v) is 11.6. The maximum Gasteiger partial charge on any atom is 0.241 e. The molecule has 1 atom stereocenters. The van der Waals surface area contributed by atoms with Gasteiger partial charge in [0.25, 0.3) is 0 Å². The third-order valence-corrected chi connectivity index (χ3v) is 6.99. The number of benzene rings is 2. The first-order chi connectivity index (χ1) is 13.8. The molecule has 2 rings (SSSR count). The van der Waals surface area contributed by atoms with E-state index in [1.54, 1.807) is 31.2 Å². The smallest absolute Gasteiger partial charge is 0.241 e. The highest BCUT2D eigenvalue weighted by molar-refractivity contribution is 7.92. The fourth-order valence-corrected chi connectivity index (χ4v) is 4.42. The third-order valence-electron chi connectivity index (χ3n) is 4.72. The largest absolute Gasteiger partial charge is 0.348 e. The molecule has 9 heteroatoms. The highest BCUT2D eigenvalue weighted by atomic mass is 32.2. The van der Waals surface area contributed by atoms with Gasteiger partial charge in [-0.25, -0.2) is 16.8 Å². The second-order valence-electron chi connectivity index (χ2n) is 7.65. The zero-order chi connectivity index (χ0) is 22.7. The zero-order valence-electron chi connectivity index (χ0n) is 17.8. The summed E-state index contributed by atoms with van der Waals surface area (Å²) in [7, 11) is -6.96. The van der Waals surface area contributed by atoms with Gasteiger partial charge in [0.2, 0.25) is 15.9 Å². The first kappa shape index (κ1) is 23.9. The van der Waals surface area contributed by atoms with Crippen LogP contribution in [-0.4, -0.2) is 41.8 Å². The molecule has 1 amide bonds. The van der Waals surface area contributed by atoms with Gasteiger partial charge in [-0.05, 0) is 48.2 Å². The molecule has 2 aromatic carbocycles. The van der Waals surface area contributed by atoms with Gasteiger partial charge in [0.1, 0.15) is 6.54 Å². The fourth-order valence-electron chi connectivity index (χ4n) is 2.93. The Hall–Kier alpha value is -2.39. The summed E-state index contributed by atoms with van der Waals surface area (Å²) in [6.45, 7) is 5.47. The SMILES string of the molecule is CC(C)c1ccc(N(CC(=O)N[C@@H](C)c2ccc(S(C)(=O)=O)cc2)S(C)(=O)=O)cc1. The molecule has 0 unspecified atom stereocenters. The number of nitrogens with zero attached hydrogens (tertiary/aromatic N) is 1. The molecule has 0 aromatic heterocycles. The summed E-state index contributed by atoms with van der Waals surface area (Å²) in [6.07, 6.45) is 2.19. The lowest BCUT2D eigenvalue weighted by Gasteiger charge is -2.23. The molecular weight excluding hydrogens is 424 g/mol. The van der Waals surface area contributed by atoms with Crippen LogP contribution in [0.4, 0.5) is 5.69 Å². The number of carbonyl (C=O) groups excluding carboxylic acids is 1. The van der Waals surface area contributed by atoms with Crippen LogP contribution >= 0.6 is 0 Å². The zero-order valence-corrected chi connectivity index (χ0v) is 19.4. The number of amides is 1. The number of sulfone groups is 1. The summed E-state index contributed by atoms with van der Waals surface area (Å²) < 4.78 is 48.7. The van der Waals surface area contributed by atoms with E-state index >= 15 is 0 Å². The van der Waals surface area contributed by atoms with Crippen molar-refractivity contribution in [2.45, 2.75) is 37.6 Å². The summed E-state index contributed by atoms with van der Waals surface area (Å²) in [5, 5.41) is 2.76. The maximum atomic E-state index is 12.5. The minimum Gasteiger partial charge on any atom is -0.348 e. The Balaban J connectivity index is 2.14. The average molecular weight is 453 g/mol. The van der Waals surface area contributed by atoms with Crippen LogP contribution in [0.5, 0.6) is 0 Å². The van der Waals surface area contributed by atoms with Crippen LogP contribution in [0.1, 0.15) is 43.9 Å². The van der Waals surface area contributed by atoms with Crippen molar-refractivity contribution in [3.8, 4) is 0 Å². The minimum atomic E-state index is -3.66. The molecule has 0 radical (unpaired) electrons. The molecule has 2 aromatic rings. The van der Waals surface area contributed by atoms with Crippen LogP contribution in [0, 0.1) is 0 Å². The Bertz CT molecular complexity index is 1090. The molecule has 7 nitrogen and oxygen atoms in total. The minimum absolute atomic E-state index is 0.192. The number of nitrogens with one attached hydrogen (secondary N) is 1. The monoisotopic (exact) mass is 452 g/mol. The predicted molar refractivity (Wildman–Crippen MR) is 119 cm³/mol.